The fourth-order valence-electron chi connectivity index (χ4n) is 2.65. The molecule has 1 heterocycles. The van der Waals surface area contributed by atoms with Crippen LogP contribution in [-0.2, 0) is 16.2 Å². The molecule has 29 heavy (non-hydrogen) atoms. The molecule has 0 saturated heterocycles. The number of carbonyl (C=O) groups excluding carboxylic acids is 2. The molecule has 0 bridgehead atoms. The Morgan fingerprint density at radius 1 is 1.07 bits per heavy atom. The highest BCUT2D eigenvalue weighted by molar-refractivity contribution is 5.91. The Bertz CT molecular complexity index is 889. The minimum absolute atomic E-state index is 0.0760. The van der Waals surface area contributed by atoms with Crippen LogP contribution in [0.1, 0.15) is 32.8 Å². The molecule has 0 aromatic heterocycles. The van der Waals surface area contributed by atoms with Gasteiger partial charge in [-0.15, -0.1) is 0 Å². The second-order valence-corrected chi connectivity index (χ2v) is 7.81. The van der Waals surface area contributed by atoms with Gasteiger partial charge in [0.05, 0.1) is 0 Å². The summed E-state index contributed by atoms with van der Waals surface area (Å²) < 4.78 is 16.4. The number of carbonyl (C=O) groups is 2. The summed E-state index contributed by atoms with van der Waals surface area (Å²) in [6.45, 7) is 6.37. The van der Waals surface area contributed by atoms with Crippen LogP contribution >= 0.6 is 0 Å². The summed E-state index contributed by atoms with van der Waals surface area (Å²) >= 11 is 0. The average molecular weight is 398 g/mol. The molecule has 7 heteroatoms. The molecule has 0 unspecified atom stereocenters. The van der Waals surface area contributed by atoms with Gasteiger partial charge in [0.25, 0.3) is 0 Å². The minimum Gasteiger partial charge on any atom is -0.489 e. The van der Waals surface area contributed by atoms with Crippen molar-refractivity contribution in [1.29, 1.82) is 0 Å². The van der Waals surface area contributed by atoms with Crippen LogP contribution in [0, 0.1) is 5.41 Å². The molecule has 7 nitrogen and oxygen atoms in total. The fourth-order valence-corrected chi connectivity index (χ4v) is 2.65. The fraction of sp³-hybridized carbons (Fsp3) is 0.364. The van der Waals surface area contributed by atoms with Crippen LogP contribution in [0.5, 0.6) is 17.2 Å². The Morgan fingerprint density at radius 3 is 2.66 bits per heavy atom. The summed E-state index contributed by atoms with van der Waals surface area (Å²) in [7, 11) is 0. The van der Waals surface area contributed by atoms with Crippen molar-refractivity contribution < 1.29 is 23.8 Å². The lowest BCUT2D eigenvalue weighted by Gasteiger charge is -2.17. The van der Waals surface area contributed by atoms with E-state index in [-0.39, 0.29) is 25.0 Å². The van der Waals surface area contributed by atoms with Gasteiger partial charge in [0.1, 0.15) is 12.4 Å². The average Bonchev–Trinajstić information content (AvgIpc) is 3.13. The van der Waals surface area contributed by atoms with Crippen LogP contribution in [0.3, 0.4) is 0 Å². The molecule has 3 rings (SSSR count). The van der Waals surface area contributed by atoms with Crippen LogP contribution in [0.4, 0.5) is 5.69 Å². The molecule has 0 atom stereocenters. The van der Waals surface area contributed by atoms with E-state index in [1.165, 1.54) is 0 Å². The summed E-state index contributed by atoms with van der Waals surface area (Å²) in [6, 6.07) is 12.9. The van der Waals surface area contributed by atoms with Crippen molar-refractivity contribution in [2.75, 3.05) is 18.7 Å². The summed E-state index contributed by atoms with van der Waals surface area (Å²) in [6.07, 6.45) is 0.208. The van der Waals surface area contributed by atoms with Crippen molar-refractivity contribution in [2.45, 2.75) is 33.8 Å². The van der Waals surface area contributed by atoms with Crippen molar-refractivity contribution in [3.8, 4) is 17.2 Å². The molecule has 2 aromatic carbocycles. The third-order valence-corrected chi connectivity index (χ3v) is 4.28. The largest absolute Gasteiger partial charge is 0.489 e. The molecule has 0 spiro atoms. The maximum absolute atomic E-state index is 12.1. The van der Waals surface area contributed by atoms with Gasteiger partial charge in [0, 0.05) is 30.1 Å². The minimum atomic E-state index is -0.469. The third kappa shape index (κ3) is 5.88. The number of benzene rings is 2. The molecule has 0 aliphatic carbocycles. The van der Waals surface area contributed by atoms with E-state index in [0.717, 1.165) is 5.56 Å². The number of anilines is 1. The van der Waals surface area contributed by atoms with Crippen LogP contribution in [0.25, 0.3) is 0 Å². The second-order valence-electron chi connectivity index (χ2n) is 7.81. The van der Waals surface area contributed by atoms with Crippen LogP contribution in [0.15, 0.2) is 42.5 Å². The Kier molecular flexibility index (Phi) is 6.26. The first-order valence-corrected chi connectivity index (χ1v) is 9.51. The number of rotatable bonds is 7. The molecular weight excluding hydrogens is 372 g/mol. The lowest BCUT2D eigenvalue weighted by molar-refractivity contribution is -0.128. The lowest BCUT2D eigenvalue weighted by Crippen LogP contribution is -2.36. The van der Waals surface area contributed by atoms with E-state index in [2.05, 4.69) is 10.6 Å². The van der Waals surface area contributed by atoms with E-state index in [1.54, 1.807) is 6.07 Å². The standard InChI is InChI=1S/C22H26N2O5/c1-22(2,3)21(26)23-10-9-20(25)24-16-6-4-5-15(11-16)13-27-17-7-8-18-19(12-17)29-14-28-18/h4-8,11-12H,9-10,13-14H2,1-3H3,(H,23,26)(H,24,25). The Labute approximate surface area is 170 Å². The van der Waals surface area contributed by atoms with Gasteiger partial charge in [-0.1, -0.05) is 32.9 Å². The van der Waals surface area contributed by atoms with Gasteiger partial charge in [0.2, 0.25) is 18.6 Å². The lowest BCUT2D eigenvalue weighted by atomic mass is 9.96. The molecule has 0 radical (unpaired) electrons. The van der Waals surface area contributed by atoms with Gasteiger partial charge in [-0.25, -0.2) is 0 Å². The van der Waals surface area contributed by atoms with Crippen molar-refractivity contribution in [3.05, 3.63) is 48.0 Å². The van der Waals surface area contributed by atoms with Gasteiger partial charge in [-0.2, -0.15) is 0 Å². The highest BCUT2D eigenvalue weighted by atomic mass is 16.7. The molecular formula is C22H26N2O5. The monoisotopic (exact) mass is 398 g/mol. The molecule has 2 aromatic rings. The zero-order chi connectivity index (χ0) is 20.9. The summed E-state index contributed by atoms with van der Waals surface area (Å²) in [4.78, 5) is 24.0. The van der Waals surface area contributed by atoms with E-state index in [4.69, 9.17) is 14.2 Å². The first-order chi connectivity index (χ1) is 13.8. The number of amides is 2. The number of ether oxygens (including phenoxy) is 3. The van der Waals surface area contributed by atoms with E-state index in [9.17, 15) is 9.59 Å². The molecule has 0 saturated carbocycles. The summed E-state index contributed by atoms with van der Waals surface area (Å²) in [5.41, 5.74) is 1.13. The zero-order valence-corrected chi connectivity index (χ0v) is 16.9. The van der Waals surface area contributed by atoms with Gasteiger partial charge in [0.15, 0.2) is 11.5 Å². The normalized spacial score (nSPS) is 12.4. The molecule has 1 aliphatic rings. The van der Waals surface area contributed by atoms with Crippen LogP contribution in [-0.4, -0.2) is 25.2 Å². The predicted molar refractivity (Wildman–Crippen MR) is 109 cm³/mol. The van der Waals surface area contributed by atoms with E-state index < -0.39 is 5.41 Å². The van der Waals surface area contributed by atoms with E-state index >= 15 is 0 Å². The SMILES string of the molecule is CC(C)(C)C(=O)NCCC(=O)Nc1cccc(COc2ccc3c(c2)OCO3)c1. The molecule has 1 aliphatic heterocycles. The Balaban J connectivity index is 1.47. The first-order valence-electron chi connectivity index (χ1n) is 9.51. The highest BCUT2D eigenvalue weighted by Gasteiger charge is 2.20. The number of nitrogens with one attached hydrogen (secondary N) is 2. The number of hydrogen-bond acceptors (Lipinski definition) is 5. The third-order valence-electron chi connectivity index (χ3n) is 4.28. The summed E-state index contributed by atoms with van der Waals surface area (Å²) in [5.74, 6) is 1.82. The first kappa shape index (κ1) is 20.5. The molecule has 2 N–H and O–H groups in total. The van der Waals surface area contributed by atoms with Gasteiger partial charge >= 0.3 is 0 Å². The van der Waals surface area contributed by atoms with Crippen LogP contribution < -0.4 is 24.8 Å². The Hall–Kier alpha value is -3.22. The zero-order valence-electron chi connectivity index (χ0n) is 16.9. The van der Waals surface area contributed by atoms with Crippen molar-refractivity contribution in [2.24, 2.45) is 5.41 Å². The summed E-state index contributed by atoms with van der Waals surface area (Å²) in [5, 5.41) is 5.61. The second kappa shape index (κ2) is 8.86. The number of fused-ring (bicyclic) bond motifs is 1. The maximum Gasteiger partial charge on any atom is 0.231 e. The van der Waals surface area contributed by atoms with Crippen LogP contribution in [0.2, 0.25) is 0 Å². The maximum atomic E-state index is 12.1. The van der Waals surface area contributed by atoms with Crippen molar-refractivity contribution in [1.82, 2.24) is 5.32 Å². The van der Waals surface area contributed by atoms with Crippen molar-refractivity contribution >= 4 is 17.5 Å². The van der Waals surface area contributed by atoms with E-state index in [0.29, 0.717) is 36.1 Å². The molecule has 2 amide bonds. The predicted octanol–water partition coefficient (Wildman–Crippen LogP) is 3.49. The van der Waals surface area contributed by atoms with Gasteiger partial charge < -0.3 is 24.8 Å². The Morgan fingerprint density at radius 2 is 1.86 bits per heavy atom. The van der Waals surface area contributed by atoms with Gasteiger partial charge in [-0.3, -0.25) is 9.59 Å². The van der Waals surface area contributed by atoms with Gasteiger partial charge in [-0.05, 0) is 29.8 Å². The number of hydrogen-bond donors (Lipinski definition) is 2. The topological polar surface area (TPSA) is 85.9 Å². The quantitative estimate of drug-likeness (QED) is 0.746. The van der Waals surface area contributed by atoms with E-state index in [1.807, 2.05) is 57.2 Å². The van der Waals surface area contributed by atoms with Crippen molar-refractivity contribution in [3.63, 3.8) is 0 Å². The molecule has 154 valence electrons. The highest BCUT2D eigenvalue weighted by Crippen LogP contribution is 2.35. The smallest absolute Gasteiger partial charge is 0.231 e. The molecule has 0 fully saturated rings.